The molecule has 3 amide bonds. The molecule has 0 spiro atoms. The standard InChI is InChI=1S/C12H20N2O5/c1-12(2,10(16)17)7-9(15)14-11(18)13-8-3-5-19-6-4-8/h8H,3-7H2,1-2H3,(H,16,17)(H2,13,14,15,18). The van der Waals surface area contributed by atoms with Crippen molar-refractivity contribution >= 4 is 17.9 Å². The number of imide groups is 1. The van der Waals surface area contributed by atoms with Crippen molar-refractivity contribution < 1.29 is 24.2 Å². The van der Waals surface area contributed by atoms with Gasteiger partial charge < -0.3 is 15.2 Å². The van der Waals surface area contributed by atoms with E-state index in [0.29, 0.717) is 26.1 Å². The van der Waals surface area contributed by atoms with Gasteiger partial charge in [-0.15, -0.1) is 0 Å². The van der Waals surface area contributed by atoms with Gasteiger partial charge in [0.2, 0.25) is 5.91 Å². The van der Waals surface area contributed by atoms with Crippen LogP contribution in [0.25, 0.3) is 0 Å². The van der Waals surface area contributed by atoms with E-state index in [-0.39, 0.29) is 12.5 Å². The molecule has 0 aromatic heterocycles. The lowest BCUT2D eigenvalue weighted by molar-refractivity contribution is -0.149. The summed E-state index contributed by atoms with van der Waals surface area (Å²) in [6.07, 6.45) is 1.17. The number of hydrogen-bond donors (Lipinski definition) is 3. The van der Waals surface area contributed by atoms with Crippen LogP contribution in [0.3, 0.4) is 0 Å². The van der Waals surface area contributed by atoms with Crippen molar-refractivity contribution in [3.63, 3.8) is 0 Å². The quantitative estimate of drug-likeness (QED) is 0.691. The highest BCUT2D eigenvalue weighted by molar-refractivity contribution is 5.96. The van der Waals surface area contributed by atoms with Gasteiger partial charge in [0.15, 0.2) is 0 Å². The second kappa shape index (κ2) is 6.51. The van der Waals surface area contributed by atoms with Crippen molar-refractivity contribution in [1.29, 1.82) is 0 Å². The summed E-state index contributed by atoms with van der Waals surface area (Å²) in [6.45, 7) is 4.05. The molecule has 0 aliphatic carbocycles. The number of carboxylic acids is 1. The number of ether oxygens (including phenoxy) is 1. The summed E-state index contributed by atoms with van der Waals surface area (Å²) < 4.78 is 5.15. The maximum absolute atomic E-state index is 11.6. The fraction of sp³-hybridized carbons (Fsp3) is 0.750. The van der Waals surface area contributed by atoms with Crippen LogP contribution in [-0.4, -0.2) is 42.3 Å². The SMILES string of the molecule is CC(C)(CC(=O)NC(=O)NC1CCOCC1)C(=O)O. The second-order valence-electron chi connectivity index (χ2n) is 5.27. The summed E-state index contributed by atoms with van der Waals surface area (Å²) in [5, 5.41) is 13.7. The molecule has 1 aliphatic rings. The number of carbonyl (C=O) groups is 3. The summed E-state index contributed by atoms with van der Waals surface area (Å²) >= 11 is 0. The first-order valence-corrected chi connectivity index (χ1v) is 6.23. The van der Waals surface area contributed by atoms with Crippen LogP contribution in [0.15, 0.2) is 0 Å². The Hall–Kier alpha value is -1.63. The molecule has 1 rings (SSSR count). The van der Waals surface area contributed by atoms with Crippen molar-refractivity contribution in [2.45, 2.75) is 39.2 Å². The van der Waals surface area contributed by atoms with E-state index in [1.807, 2.05) is 0 Å². The third-order valence-electron chi connectivity index (χ3n) is 2.99. The van der Waals surface area contributed by atoms with Crippen LogP contribution in [0.1, 0.15) is 33.1 Å². The third-order valence-corrected chi connectivity index (χ3v) is 2.99. The van der Waals surface area contributed by atoms with Crippen molar-refractivity contribution in [3.8, 4) is 0 Å². The molecule has 0 atom stereocenters. The first kappa shape index (κ1) is 15.4. The zero-order valence-corrected chi connectivity index (χ0v) is 11.2. The third kappa shape index (κ3) is 5.25. The molecule has 0 saturated carbocycles. The molecule has 7 heteroatoms. The Bertz CT molecular complexity index is 361. The summed E-state index contributed by atoms with van der Waals surface area (Å²) in [6, 6.07) is -0.591. The number of rotatable bonds is 4. The maximum atomic E-state index is 11.6. The van der Waals surface area contributed by atoms with E-state index >= 15 is 0 Å². The number of carbonyl (C=O) groups excluding carboxylic acids is 2. The Kier molecular flexibility index (Phi) is 5.29. The smallest absolute Gasteiger partial charge is 0.321 e. The van der Waals surface area contributed by atoms with Gasteiger partial charge in [-0.2, -0.15) is 0 Å². The van der Waals surface area contributed by atoms with Crippen molar-refractivity contribution in [2.24, 2.45) is 5.41 Å². The Balaban J connectivity index is 2.35. The highest BCUT2D eigenvalue weighted by Crippen LogP contribution is 2.19. The average molecular weight is 272 g/mol. The second-order valence-corrected chi connectivity index (χ2v) is 5.27. The molecule has 1 heterocycles. The van der Waals surface area contributed by atoms with Crippen molar-refractivity contribution in [1.82, 2.24) is 10.6 Å². The van der Waals surface area contributed by atoms with Gasteiger partial charge in [0.05, 0.1) is 5.41 Å². The van der Waals surface area contributed by atoms with Crippen molar-refractivity contribution in [2.75, 3.05) is 13.2 Å². The first-order valence-electron chi connectivity index (χ1n) is 6.23. The molecule has 0 bridgehead atoms. The van der Waals surface area contributed by atoms with Gasteiger partial charge in [0.1, 0.15) is 0 Å². The molecule has 0 aromatic carbocycles. The Morgan fingerprint density at radius 3 is 2.37 bits per heavy atom. The molecule has 1 aliphatic heterocycles. The number of urea groups is 1. The van der Waals surface area contributed by atoms with Gasteiger partial charge >= 0.3 is 12.0 Å². The molecule has 1 saturated heterocycles. The van der Waals surface area contributed by atoms with E-state index in [0.717, 1.165) is 0 Å². The minimum Gasteiger partial charge on any atom is -0.481 e. The summed E-state index contributed by atoms with van der Waals surface area (Å²) in [5.74, 6) is -1.68. The van der Waals surface area contributed by atoms with Crippen LogP contribution in [0.2, 0.25) is 0 Å². The van der Waals surface area contributed by atoms with E-state index < -0.39 is 23.3 Å². The largest absolute Gasteiger partial charge is 0.481 e. The Labute approximate surface area is 111 Å². The number of amides is 3. The summed E-state index contributed by atoms with van der Waals surface area (Å²) in [4.78, 5) is 34.0. The zero-order chi connectivity index (χ0) is 14.5. The molecule has 0 unspecified atom stereocenters. The molecule has 108 valence electrons. The summed E-state index contributed by atoms with van der Waals surface area (Å²) in [5.41, 5.74) is -1.19. The lowest BCUT2D eigenvalue weighted by atomic mass is 9.89. The van der Waals surface area contributed by atoms with E-state index in [9.17, 15) is 14.4 Å². The minimum absolute atomic E-state index is 0.00552. The normalized spacial score (nSPS) is 16.7. The predicted molar refractivity (Wildman–Crippen MR) is 66.5 cm³/mol. The molecule has 3 N–H and O–H groups in total. The lowest BCUT2D eigenvalue weighted by Crippen LogP contribution is -2.47. The van der Waals surface area contributed by atoms with Crippen LogP contribution in [0, 0.1) is 5.41 Å². The molecule has 19 heavy (non-hydrogen) atoms. The summed E-state index contributed by atoms with van der Waals surface area (Å²) in [7, 11) is 0. The average Bonchev–Trinajstić information content (AvgIpc) is 2.28. The van der Waals surface area contributed by atoms with E-state index in [4.69, 9.17) is 9.84 Å². The molecular formula is C12H20N2O5. The van der Waals surface area contributed by atoms with Crippen molar-refractivity contribution in [3.05, 3.63) is 0 Å². The van der Waals surface area contributed by atoms with Crippen LogP contribution in [-0.2, 0) is 14.3 Å². The minimum atomic E-state index is -1.19. The zero-order valence-electron chi connectivity index (χ0n) is 11.2. The number of aliphatic carboxylic acids is 1. The Morgan fingerprint density at radius 2 is 1.84 bits per heavy atom. The van der Waals surface area contributed by atoms with Crippen LogP contribution in [0.4, 0.5) is 4.79 Å². The number of hydrogen-bond acceptors (Lipinski definition) is 4. The number of carboxylic acid groups (broad SMARTS) is 1. The van der Waals surface area contributed by atoms with Gasteiger partial charge in [0.25, 0.3) is 0 Å². The van der Waals surface area contributed by atoms with Gasteiger partial charge in [0, 0.05) is 25.7 Å². The fourth-order valence-corrected chi connectivity index (χ4v) is 1.71. The highest BCUT2D eigenvalue weighted by atomic mass is 16.5. The van der Waals surface area contributed by atoms with Gasteiger partial charge in [-0.25, -0.2) is 4.79 Å². The van der Waals surface area contributed by atoms with Gasteiger partial charge in [-0.1, -0.05) is 0 Å². The molecule has 0 aromatic rings. The fourth-order valence-electron chi connectivity index (χ4n) is 1.71. The van der Waals surface area contributed by atoms with Gasteiger partial charge in [-0.3, -0.25) is 14.9 Å². The van der Waals surface area contributed by atoms with Gasteiger partial charge in [-0.05, 0) is 26.7 Å². The lowest BCUT2D eigenvalue weighted by Gasteiger charge is -2.23. The molecule has 0 radical (unpaired) electrons. The molecular weight excluding hydrogens is 252 g/mol. The topological polar surface area (TPSA) is 105 Å². The maximum Gasteiger partial charge on any atom is 0.321 e. The predicted octanol–water partition coefficient (Wildman–Crippen LogP) is 0.492. The molecule has 7 nitrogen and oxygen atoms in total. The first-order chi connectivity index (χ1) is 8.81. The van der Waals surface area contributed by atoms with Crippen LogP contribution >= 0.6 is 0 Å². The monoisotopic (exact) mass is 272 g/mol. The molecule has 1 fully saturated rings. The van der Waals surface area contributed by atoms with Crippen LogP contribution < -0.4 is 10.6 Å². The highest BCUT2D eigenvalue weighted by Gasteiger charge is 2.30. The Morgan fingerprint density at radius 1 is 1.26 bits per heavy atom. The van der Waals surface area contributed by atoms with E-state index in [1.54, 1.807) is 0 Å². The van der Waals surface area contributed by atoms with Crippen LogP contribution in [0.5, 0.6) is 0 Å². The van der Waals surface area contributed by atoms with E-state index in [2.05, 4.69) is 10.6 Å². The van der Waals surface area contributed by atoms with E-state index in [1.165, 1.54) is 13.8 Å². The number of nitrogens with one attached hydrogen (secondary N) is 2.